The van der Waals surface area contributed by atoms with Gasteiger partial charge in [-0.15, -0.1) is 0 Å². The monoisotopic (exact) mass is 332 g/mol. The van der Waals surface area contributed by atoms with Crippen LogP contribution < -0.4 is 9.47 Å². The van der Waals surface area contributed by atoms with E-state index in [9.17, 15) is 4.79 Å². The highest BCUT2D eigenvalue weighted by molar-refractivity contribution is 6.08. The van der Waals surface area contributed by atoms with Crippen molar-refractivity contribution < 1.29 is 14.3 Å². The summed E-state index contributed by atoms with van der Waals surface area (Å²) in [6.07, 6.45) is 3.33. The summed E-state index contributed by atoms with van der Waals surface area (Å²) in [4.78, 5) is 12.5. The van der Waals surface area contributed by atoms with E-state index >= 15 is 0 Å². The Morgan fingerprint density at radius 2 is 1.80 bits per heavy atom. The number of hydrogen-bond donors (Lipinski definition) is 0. The van der Waals surface area contributed by atoms with Crippen molar-refractivity contribution in [1.82, 2.24) is 0 Å². The molecule has 25 heavy (non-hydrogen) atoms. The number of ketones is 1. The van der Waals surface area contributed by atoms with Crippen LogP contribution in [0.1, 0.15) is 22.8 Å². The summed E-state index contributed by atoms with van der Waals surface area (Å²) in [7, 11) is 1.60. The molecule has 3 rings (SSSR count). The van der Waals surface area contributed by atoms with Crippen molar-refractivity contribution in [2.45, 2.75) is 6.92 Å². The Labute approximate surface area is 147 Å². The summed E-state index contributed by atoms with van der Waals surface area (Å²) in [5, 5.41) is 2.17. The van der Waals surface area contributed by atoms with Crippen molar-refractivity contribution in [3.05, 3.63) is 77.9 Å². The van der Waals surface area contributed by atoms with Crippen LogP contribution in [0.4, 0.5) is 0 Å². The number of methoxy groups -OCH3 is 1. The van der Waals surface area contributed by atoms with Crippen LogP contribution in [0, 0.1) is 0 Å². The maximum Gasteiger partial charge on any atom is 0.185 e. The molecule has 0 aliphatic carbocycles. The molecule has 0 bridgehead atoms. The number of rotatable bonds is 6. The Morgan fingerprint density at radius 3 is 2.56 bits per heavy atom. The van der Waals surface area contributed by atoms with Crippen LogP contribution in [0.2, 0.25) is 0 Å². The van der Waals surface area contributed by atoms with Crippen LogP contribution in [0.3, 0.4) is 0 Å². The Morgan fingerprint density at radius 1 is 1.00 bits per heavy atom. The first kappa shape index (κ1) is 16.8. The SMILES string of the molecule is CCOc1cccc(/C=C/C(=O)c2ccc3ccccc3c2)c1OC. The van der Waals surface area contributed by atoms with Crippen molar-refractivity contribution >= 4 is 22.6 Å². The molecule has 3 nitrogen and oxygen atoms in total. The average molecular weight is 332 g/mol. The van der Waals surface area contributed by atoms with E-state index in [0.29, 0.717) is 23.7 Å². The number of para-hydroxylation sites is 1. The lowest BCUT2D eigenvalue weighted by Crippen LogP contribution is -1.97. The van der Waals surface area contributed by atoms with Crippen LogP contribution in [0.25, 0.3) is 16.8 Å². The zero-order chi connectivity index (χ0) is 17.6. The van der Waals surface area contributed by atoms with E-state index in [2.05, 4.69) is 0 Å². The maximum atomic E-state index is 12.5. The summed E-state index contributed by atoms with van der Waals surface area (Å²) in [6, 6.07) is 19.3. The first-order valence-electron chi connectivity index (χ1n) is 8.24. The molecular formula is C22H20O3. The molecule has 0 N–H and O–H groups in total. The molecule has 0 unspecified atom stereocenters. The molecule has 0 amide bonds. The van der Waals surface area contributed by atoms with Crippen LogP contribution in [0.5, 0.6) is 11.5 Å². The molecule has 0 aromatic heterocycles. The molecule has 0 fully saturated rings. The van der Waals surface area contributed by atoms with E-state index < -0.39 is 0 Å². The number of ether oxygens (including phenoxy) is 2. The number of carbonyl (C=O) groups excluding carboxylic acids is 1. The third-order valence-corrected chi connectivity index (χ3v) is 3.96. The Kier molecular flexibility index (Phi) is 5.14. The predicted octanol–water partition coefficient (Wildman–Crippen LogP) is 5.14. The van der Waals surface area contributed by atoms with Gasteiger partial charge >= 0.3 is 0 Å². The fourth-order valence-corrected chi connectivity index (χ4v) is 2.76. The molecule has 0 saturated heterocycles. The quantitative estimate of drug-likeness (QED) is 0.463. The summed E-state index contributed by atoms with van der Waals surface area (Å²) in [6.45, 7) is 2.48. The number of benzene rings is 3. The molecular weight excluding hydrogens is 312 g/mol. The van der Waals surface area contributed by atoms with Gasteiger partial charge in [-0.25, -0.2) is 0 Å². The summed E-state index contributed by atoms with van der Waals surface area (Å²) in [5.74, 6) is 1.26. The van der Waals surface area contributed by atoms with Gasteiger partial charge in [-0.05, 0) is 42.0 Å². The molecule has 0 aliphatic rings. The third kappa shape index (κ3) is 3.72. The zero-order valence-electron chi connectivity index (χ0n) is 14.4. The second kappa shape index (κ2) is 7.67. The van der Waals surface area contributed by atoms with Crippen molar-refractivity contribution in [3.63, 3.8) is 0 Å². The maximum absolute atomic E-state index is 12.5. The smallest absolute Gasteiger partial charge is 0.185 e. The molecule has 0 spiro atoms. The van der Waals surface area contributed by atoms with E-state index in [0.717, 1.165) is 16.3 Å². The highest BCUT2D eigenvalue weighted by Gasteiger charge is 2.09. The number of carbonyl (C=O) groups is 1. The van der Waals surface area contributed by atoms with Gasteiger partial charge in [-0.2, -0.15) is 0 Å². The molecule has 0 saturated carbocycles. The minimum absolute atomic E-state index is 0.0466. The van der Waals surface area contributed by atoms with Gasteiger partial charge in [0.2, 0.25) is 0 Å². The second-order valence-corrected chi connectivity index (χ2v) is 5.57. The van der Waals surface area contributed by atoms with Gasteiger partial charge in [0.05, 0.1) is 13.7 Å². The zero-order valence-corrected chi connectivity index (χ0v) is 14.4. The fraction of sp³-hybridized carbons (Fsp3) is 0.136. The average Bonchev–Trinajstić information content (AvgIpc) is 2.66. The fourth-order valence-electron chi connectivity index (χ4n) is 2.76. The van der Waals surface area contributed by atoms with Crippen LogP contribution in [0.15, 0.2) is 66.7 Å². The van der Waals surface area contributed by atoms with Crippen molar-refractivity contribution in [3.8, 4) is 11.5 Å². The van der Waals surface area contributed by atoms with E-state index in [-0.39, 0.29) is 5.78 Å². The minimum atomic E-state index is -0.0466. The van der Waals surface area contributed by atoms with E-state index in [1.807, 2.05) is 67.6 Å². The van der Waals surface area contributed by atoms with Crippen LogP contribution >= 0.6 is 0 Å². The Balaban J connectivity index is 1.88. The molecule has 0 aliphatic heterocycles. The number of allylic oxidation sites excluding steroid dienone is 1. The lowest BCUT2D eigenvalue weighted by molar-refractivity contribution is 0.104. The molecule has 126 valence electrons. The highest BCUT2D eigenvalue weighted by atomic mass is 16.5. The standard InChI is InChI=1S/C22H20O3/c1-3-25-21-10-6-9-17(22(21)24-2)13-14-20(23)19-12-11-16-7-4-5-8-18(16)15-19/h4-15H,3H2,1-2H3/b14-13+. The number of hydrogen-bond acceptors (Lipinski definition) is 3. The lowest BCUT2D eigenvalue weighted by atomic mass is 10.0. The van der Waals surface area contributed by atoms with Gasteiger partial charge in [0.25, 0.3) is 0 Å². The lowest BCUT2D eigenvalue weighted by Gasteiger charge is -2.11. The first-order valence-corrected chi connectivity index (χ1v) is 8.24. The van der Waals surface area contributed by atoms with Gasteiger partial charge in [0.15, 0.2) is 17.3 Å². The van der Waals surface area contributed by atoms with E-state index in [4.69, 9.17) is 9.47 Å². The van der Waals surface area contributed by atoms with Gasteiger partial charge in [0, 0.05) is 11.1 Å². The second-order valence-electron chi connectivity index (χ2n) is 5.57. The van der Waals surface area contributed by atoms with Gasteiger partial charge in [-0.3, -0.25) is 4.79 Å². The molecule has 3 heteroatoms. The first-order chi connectivity index (χ1) is 12.2. The van der Waals surface area contributed by atoms with Crippen molar-refractivity contribution in [1.29, 1.82) is 0 Å². The predicted molar refractivity (Wildman–Crippen MR) is 101 cm³/mol. The minimum Gasteiger partial charge on any atom is -0.492 e. The van der Waals surface area contributed by atoms with Crippen LogP contribution in [-0.4, -0.2) is 19.5 Å². The van der Waals surface area contributed by atoms with Crippen molar-refractivity contribution in [2.24, 2.45) is 0 Å². The summed E-state index contributed by atoms with van der Waals surface area (Å²) >= 11 is 0. The van der Waals surface area contributed by atoms with Gasteiger partial charge in [0.1, 0.15) is 0 Å². The molecule has 0 heterocycles. The molecule has 0 radical (unpaired) electrons. The van der Waals surface area contributed by atoms with E-state index in [1.54, 1.807) is 19.3 Å². The van der Waals surface area contributed by atoms with Gasteiger partial charge < -0.3 is 9.47 Å². The molecule has 3 aromatic rings. The summed E-state index contributed by atoms with van der Waals surface area (Å²) < 4.78 is 11.0. The van der Waals surface area contributed by atoms with Crippen molar-refractivity contribution in [2.75, 3.05) is 13.7 Å². The third-order valence-electron chi connectivity index (χ3n) is 3.96. The Bertz CT molecular complexity index is 925. The van der Waals surface area contributed by atoms with E-state index in [1.165, 1.54) is 0 Å². The van der Waals surface area contributed by atoms with Gasteiger partial charge in [-0.1, -0.05) is 48.5 Å². The summed E-state index contributed by atoms with van der Waals surface area (Å²) in [5.41, 5.74) is 1.47. The molecule has 0 atom stereocenters. The normalized spacial score (nSPS) is 11.0. The molecule has 3 aromatic carbocycles. The largest absolute Gasteiger partial charge is 0.492 e. The Hall–Kier alpha value is -3.07. The topological polar surface area (TPSA) is 35.5 Å². The highest BCUT2D eigenvalue weighted by Crippen LogP contribution is 2.32. The van der Waals surface area contributed by atoms with Crippen LogP contribution in [-0.2, 0) is 0 Å². The number of fused-ring (bicyclic) bond motifs is 1.